The topological polar surface area (TPSA) is 65.1 Å². The van der Waals surface area contributed by atoms with Gasteiger partial charge in [-0.1, -0.05) is 37.3 Å². The molecule has 3 aromatic rings. The van der Waals surface area contributed by atoms with E-state index in [1.807, 2.05) is 41.8 Å². The molecule has 0 atom stereocenters. The third kappa shape index (κ3) is 3.57. The Hall–Kier alpha value is -2.95. The number of ketones is 1. The van der Waals surface area contributed by atoms with Gasteiger partial charge in [0.25, 0.3) is 0 Å². The zero-order chi connectivity index (χ0) is 20.5. The molecule has 0 aliphatic carbocycles. The predicted molar refractivity (Wildman–Crippen MR) is 110 cm³/mol. The summed E-state index contributed by atoms with van der Waals surface area (Å²) >= 11 is 0. The number of amides is 1. The van der Waals surface area contributed by atoms with E-state index in [0.717, 1.165) is 5.56 Å². The molecule has 0 aliphatic heterocycles. The van der Waals surface area contributed by atoms with Crippen molar-refractivity contribution in [3.05, 3.63) is 60.0 Å². The highest BCUT2D eigenvalue weighted by atomic mass is 19.1. The van der Waals surface area contributed by atoms with Gasteiger partial charge in [-0.2, -0.15) is 0 Å². The first-order chi connectivity index (χ1) is 13.3. The molecule has 4 nitrogen and oxygen atoms in total. The van der Waals surface area contributed by atoms with Crippen molar-refractivity contribution in [3.63, 3.8) is 0 Å². The van der Waals surface area contributed by atoms with E-state index < -0.39 is 11.3 Å². The maximum Gasteiger partial charge on any atom is 0.224 e. The van der Waals surface area contributed by atoms with E-state index in [9.17, 15) is 14.0 Å². The van der Waals surface area contributed by atoms with Crippen LogP contribution in [-0.2, 0) is 11.3 Å². The summed E-state index contributed by atoms with van der Waals surface area (Å²) in [6, 6.07) is 14.0. The highest BCUT2D eigenvalue weighted by Gasteiger charge is 2.31. The standard InChI is InChI=1S/C23H25FN2O2/c1-4-8-19(27)21-20(15-9-6-5-7-10-15)17-13-16(24)11-12-18(17)26(21)14-23(2,3)22(25)28/h5-7,9-13H,4,8,14H2,1-3H3,(H2,25,28). The van der Waals surface area contributed by atoms with Crippen molar-refractivity contribution in [2.45, 2.75) is 40.2 Å². The van der Waals surface area contributed by atoms with E-state index in [4.69, 9.17) is 5.73 Å². The van der Waals surface area contributed by atoms with Crippen LogP contribution in [-0.4, -0.2) is 16.3 Å². The molecular weight excluding hydrogens is 355 g/mol. The van der Waals surface area contributed by atoms with Gasteiger partial charge in [0.2, 0.25) is 5.91 Å². The molecule has 3 rings (SSSR count). The van der Waals surface area contributed by atoms with Gasteiger partial charge >= 0.3 is 0 Å². The van der Waals surface area contributed by atoms with Crippen molar-refractivity contribution < 1.29 is 14.0 Å². The minimum absolute atomic E-state index is 0.0294. The number of nitrogens with zero attached hydrogens (tertiary/aromatic N) is 1. The molecule has 0 saturated carbocycles. The fraction of sp³-hybridized carbons (Fsp3) is 0.304. The van der Waals surface area contributed by atoms with E-state index in [1.54, 1.807) is 19.9 Å². The second-order valence-corrected chi connectivity index (χ2v) is 7.76. The van der Waals surface area contributed by atoms with E-state index >= 15 is 0 Å². The van der Waals surface area contributed by atoms with Crippen molar-refractivity contribution in [3.8, 4) is 11.1 Å². The smallest absolute Gasteiger partial charge is 0.224 e. The maximum atomic E-state index is 14.1. The summed E-state index contributed by atoms with van der Waals surface area (Å²) in [5.74, 6) is -0.852. The third-order valence-corrected chi connectivity index (χ3v) is 5.05. The number of nitrogens with two attached hydrogens (primary N) is 1. The van der Waals surface area contributed by atoms with Crippen LogP contribution in [0.15, 0.2) is 48.5 Å². The first-order valence-corrected chi connectivity index (χ1v) is 9.46. The van der Waals surface area contributed by atoms with Crippen molar-refractivity contribution >= 4 is 22.6 Å². The summed E-state index contributed by atoms with van der Waals surface area (Å²) < 4.78 is 16.0. The van der Waals surface area contributed by atoms with Gasteiger partial charge in [-0.15, -0.1) is 0 Å². The molecule has 0 fully saturated rings. The third-order valence-electron chi connectivity index (χ3n) is 5.05. The summed E-state index contributed by atoms with van der Waals surface area (Å²) in [5, 5.41) is 0.658. The summed E-state index contributed by atoms with van der Waals surface area (Å²) in [5.41, 5.74) is 7.49. The van der Waals surface area contributed by atoms with Crippen LogP contribution in [0.2, 0.25) is 0 Å². The Balaban J connectivity index is 2.39. The number of Topliss-reactive ketones (excluding diaryl/α,β-unsaturated/α-hetero) is 1. The number of fused-ring (bicyclic) bond motifs is 1. The fourth-order valence-corrected chi connectivity index (χ4v) is 3.50. The largest absolute Gasteiger partial charge is 0.369 e. The number of carbonyl (C=O) groups is 2. The lowest BCUT2D eigenvalue weighted by atomic mass is 9.92. The molecule has 0 unspecified atom stereocenters. The second kappa shape index (κ2) is 7.58. The minimum Gasteiger partial charge on any atom is -0.369 e. The Morgan fingerprint density at radius 2 is 1.79 bits per heavy atom. The number of benzene rings is 2. The van der Waals surface area contributed by atoms with E-state index in [-0.39, 0.29) is 18.1 Å². The van der Waals surface area contributed by atoms with Crippen molar-refractivity contribution in [1.82, 2.24) is 4.57 Å². The number of primary amides is 1. The molecule has 1 aromatic heterocycles. The molecule has 2 N–H and O–H groups in total. The van der Waals surface area contributed by atoms with Gasteiger partial charge < -0.3 is 10.3 Å². The highest BCUT2D eigenvalue weighted by Crippen LogP contribution is 2.38. The fourth-order valence-electron chi connectivity index (χ4n) is 3.50. The van der Waals surface area contributed by atoms with Gasteiger partial charge in [0.05, 0.1) is 11.1 Å². The lowest BCUT2D eigenvalue weighted by Gasteiger charge is -2.23. The van der Waals surface area contributed by atoms with Crippen LogP contribution < -0.4 is 5.73 Å². The molecule has 0 bridgehead atoms. The van der Waals surface area contributed by atoms with E-state index in [0.29, 0.717) is 35.0 Å². The van der Waals surface area contributed by atoms with Crippen molar-refractivity contribution in [2.24, 2.45) is 11.1 Å². The first-order valence-electron chi connectivity index (χ1n) is 9.46. The Morgan fingerprint density at radius 1 is 1.11 bits per heavy atom. The summed E-state index contributed by atoms with van der Waals surface area (Å²) in [4.78, 5) is 25.1. The molecule has 0 spiro atoms. The molecular formula is C23H25FN2O2. The van der Waals surface area contributed by atoms with Gasteiger partial charge in [0.1, 0.15) is 5.82 Å². The van der Waals surface area contributed by atoms with Gasteiger partial charge in [0, 0.05) is 29.4 Å². The quantitative estimate of drug-likeness (QED) is 0.590. The molecule has 0 aliphatic rings. The van der Waals surface area contributed by atoms with Gasteiger partial charge in [-0.05, 0) is 44.0 Å². The average Bonchev–Trinajstić information content (AvgIpc) is 2.95. The summed E-state index contributed by atoms with van der Waals surface area (Å²) in [7, 11) is 0. The zero-order valence-corrected chi connectivity index (χ0v) is 16.5. The van der Waals surface area contributed by atoms with Crippen molar-refractivity contribution in [1.29, 1.82) is 0 Å². The Labute approximate surface area is 164 Å². The van der Waals surface area contributed by atoms with E-state index in [1.165, 1.54) is 12.1 Å². The zero-order valence-electron chi connectivity index (χ0n) is 16.5. The predicted octanol–water partition coefficient (Wildman–Crippen LogP) is 4.94. The molecule has 0 saturated heterocycles. The number of hydrogen-bond acceptors (Lipinski definition) is 2. The first kappa shape index (κ1) is 19.8. The van der Waals surface area contributed by atoms with Crippen LogP contribution in [0, 0.1) is 11.2 Å². The Bertz CT molecular complexity index is 1040. The van der Waals surface area contributed by atoms with Gasteiger partial charge in [0.15, 0.2) is 5.78 Å². The molecule has 146 valence electrons. The van der Waals surface area contributed by atoms with Crippen LogP contribution in [0.3, 0.4) is 0 Å². The summed E-state index contributed by atoms with van der Waals surface area (Å²) in [6.07, 6.45) is 1.07. The van der Waals surface area contributed by atoms with Crippen LogP contribution >= 0.6 is 0 Å². The lowest BCUT2D eigenvalue weighted by molar-refractivity contribution is -0.126. The second-order valence-electron chi connectivity index (χ2n) is 7.76. The monoisotopic (exact) mass is 380 g/mol. The molecule has 1 heterocycles. The lowest BCUT2D eigenvalue weighted by Crippen LogP contribution is -2.36. The van der Waals surface area contributed by atoms with Gasteiger partial charge in [-0.3, -0.25) is 9.59 Å². The molecule has 2 aromatic carbocycles. The number of carbonyl (C=O) groups excluding carboxylic acids is 2. The normalized spacial score (nSPS) is 11.7. The average molecular weight is 380 g/mol. The number of hydrogen-bond donors (Lipinski definition) is 1. The van der Waals surface area contributed by atoms with Crippen LogP contribution in [0.25, 0.3) is 22.0 Å². The summed E-state index contributed by atoms with van der Waals surface area (Å²) in [6.45, 7) is 5.68. The van der Waals surface area contributed by atoms with Crippen LogP contribution in [0.5, 0.6) is 0 Å². The highest BCUT2D eigenvalue weighted by molar-refractivity contribution is 6.11. The Morgan fingerprint density at radius 3 is 2.39 bits per heavy atom. The molecule has 28 heavy (non-hydrogen) atoms. The van der Waals surface area contributed by atoms with Crippen LogP contribution in [0.4, 0.5) is 4.39 Å². The van der Waals surface area contributed by atoms with Gasteiger partial charge in [-0.25, -0.2) is 4.39 Å². The van der Waals surface area contributed by atoms with E-state index in [2.05, 4.69) is 0 Å². The van der Waals surface area contributed by atoms with Crippen LogP contribution in [0.1, 0.15) is 44.1 Å². The molecule has 0 radical (unpaired) electrons. The van der Waals surface area contributed by atoms with Crippen molar-refractivity contribution in [2.75, 3.05) is 0 Å². The number of aromatic nitrogens is 1. The molecule has 5 heteroatoms. The Kier molecular flexibility index (Phi) is 5.36. The SMILES string of the molecule is CCCC(=O)c1c(-c2ccccc2)c2cc(F)ccc2n1CC(C)(C)C(N)=O. The minimum atomic E-state index is -0.866. The number of rotatable bonds is 7. The molecule has 1 amide bonds. The number of halogens is 1. The maximum absolute atomic E-state index is 14.1.